The summed E-state index contributed by atoms with van der Waals surface area (Å²) in [7, 11) is 1.70. The second-order valence-electron chi connectivity index (χ2n) is 5.99. The highest BCUT2D eigenvalue weighted by Gasteiger charge is 2.28. The van der Waals surface area contributed by atoms with Gasteiger partial charge in [-0.25, -0.2) is 9.78 Å². The van der Waals surface area contributed by atoms with Crippen molar-refractivity contribution >= 4 is 29.2 Å². The minimum Gasteiger partial charge on any atom is -0.337 e. The molecule has 4 amide bonds. The molecule has 3 rings (SSSR count). The molecule has 23 heavy (non-hydrogen) atoms. The molecule has 1 aliphatic heterocycles. The molecule has 2 aliphatic rings. The minimum absolute atomic E-state index is 0.161. The van der Waals surface area contributed by atoms with Gasteiger partial charge in [0, 0.05) is 18.3 Å². The summed E-state index contributed by atoms with van der Waals surface area (Å²) < 4.78 is 0. The Labute approximate surface area is 138 Å². The number of carbonyl (C=O) groups excluding carboxylic acids is 3. The van der Waals surface area contributed by atoms with Crippen LogP contribution in [0.3, 0.4) is 0 Å². The van der Waals surface area contributed by atoms with Crippen LogP contribution in [0, 0.1) is 0 Å². The molecule has 0 unspecified atom stereocenters. The van der Waals surface area contributed by atoms with Gasteiger partial charge in [-0.2, -0.15) is 0 Å². The van der Waals surface area contributed by atoms with Crippen LogP contribution in [0.1, 0.15) is 41.3 Å². The molecule has 8 heteroatoms. The van der Waals surface area contributed by atoms with E-state index in [2.05, 4.69) is 15.6 Å². The van der Waals surface area contributed by atoms with Crippen molar-refractivity contribution in [2.45, 2.75) is 51.1 Å². The fourth-order valence-electron chi connectivity index (χ4n) is 2.94. The molecule has 0 bridgehead atoms. The molecule has 0 aromatic carbocycles. The molecule has 124 valence electrons. The predicted octanol–water partition coefficient (Wildman–Crippen LogP) is 0.968. The van der Waals surface area contributed by atoms with E-state index >= 15 is 0 Å². The average Bonchev–Trinajstić information content (AvgIpc) is 2.84. The van der Waals surface area contributed by atoms with Crippen LogP contribution in [0.4, 0.5) is 4.79 Å². The molecule has 1 fully saturated rings. The highest BCUT2D eigenvalue weighted by molar-refractivity contribution is 7.11. The fourth-order valence-corrected chi connectivity index (χ4v) is 4.15. The lowest BCUT2D eigenvalue weighted by Crippen LogP contribution is -2.48. The van der Waals surface area contributed by atoms with Gasteiger partial charge in [0.25, 0.3) is 0 Å². The minimum atomic E-state index is -0.666. The molecule has 1 aromatic rings. The lowest BCUT2D eigenvalue weighted by molar-refractivity contribution is -0.132. The van der Waals surface area contributed by atoms with Gasteiger partial charge in [0.2, 0.25) is 11.8 Å². The number of nitrogens with zero attached hydrogens (tertiary/aromatic N) is 2. The van der Waals surface area contributed by atoms with Crippen LogP contribution in [-0.4, -0.2) is 40.8 Å². The smallest absolute Gasteiger partial charge is 0.322 e. The Kier molecular flexibility index (Phi) is 4.61. The van der Waals surface area contributed by atoms with Crippen molar-refractivity contribution in [3.8, 4) is 0 Å². The van der Waals surface area contributed by atoms with E-state index in [1.807, 2.05) is 0 Å². The van der Waals surface area contributed by atoms with Crippen molar-refractivity contribution in [1.29, 1.82) is 0 Å². The third-order valence-electron chi connectivity index (χ3n) is 4.16. The zero-order chi connectivity index (χ0) is 16.4. The Bertz CT molecular complexity index is 619. The van der Waals surface area contributed by atoms with Crippen LogP contribution < -0.4 is 10.6 Å². The molecule has 0 saturated carbocycles. The second kappa shape index (κ2) is 6.66. The van der Waals surface area contributed by atoms with E-state index < -0.39 is 12.1 Å². The molecule has 1 aliphatic carbocycles. The number of amides is 4. The van der Waals surface area contributed by atoms with Gasteiger partial charge in [0.05, 0.1) is 12.2 Å². The lowest BCUT2D eigenvalue weighted by atomic mass is 10.0. The molecule has 2 N–H and O–H groups in total. The van der Waals surface area contributed by atoms with Crippen LogP contribution >= 0.6 is 11.3 Å². The van der Waals surface area contributed by atoms with Gasteiger partial charge in [-0.05, 0) is 32.1 Å². The predicted molar refractivity (Wildman–Crippen MR) is 84.9 cm³/mol. The van der Waals surface area contributed by atoms with Gasteiger partial charge in [-0.15, -0.1) is 11.3 Å². The van der Waals surface area contributed by atoms with Crippen molar-refractivity contribution in [2.75, 3.05) is 7.05 Å². The number of urea groups is 1. The summed E-state index contributed by atoms with van der Waals surface area (Å²) in [5.41, 5.74) is 1.18. The Morgan fingerprint density at radius 3 is 2.87 bits per heavy atom. The zero-order valence-corrected chi connectivity index (χ0v) is 13.9. The number of thiazole rings is 1. The number of likely N-dealkylation sites (N-methyl/N-ethyl adjacent to an activating group) is 1. The van der Waals surface area contributed by atoms with Gasteiger partial charge in [-0.3, -0.25) is 14.9 Å². The van der Waals surface area contributed by atoms with Crippen LogP contribution in [0.25, 0.3) is 0 Å². The third-order valence-corrected chi connectivity index (χ3v) is 5.30. The Hall–Kier alpha value is -1.96. The topological polar surface area (TPSA) is 91.4 Å². The average molecular weight is 336 g/mol. The quantitative estimate of drug-likeness (QED) is 0.860. The maximum atomic E-state index is 12.5. The third kappa shape index (κ3) is 3.69. The standard InChI is InChI=1S/C15H20N4O3S/c1-19(8-13-16-9-4-2-3-5-11(9)23-13)14(21)10-6-7-12(20)18-15(22)17-10/h10H,2-8H2,1H3,(H2,17,18,20,22)/t10-/m0/s1. The summed E-state index contributed by atoms with van der Waals surface area (Å²) in [4.78, 5) is 42.9. The van der Waals surface area contributed by atoms with Gasteiger partial charge >= 0.3 is 6.03 Å². The SMILES string of the molecule is CN(Cc1nc2c(s1)CCCC2)C(=O)[C@@H]1CCC(=O)NC(=O)N1. The monoisotopic (exact) mass is 336 g/mol. The molecule has 7 nitrogen and oxygen atoms in total. The summed E-state index contributed by atoms with van der Waals surface area (Å²) >= 11 is 1.67. The maximum absolute atomic E-state index is 12.5. The summed E-state index contributed by atoms with van der Waals surface area (Å²) in [6, 6.07) is -1.27. The molecule has 2 heterocycles. The molecule has 1 saturated heterocycles. The molecule has 0 radical (unpaired) electrons. The molecular weight excluding hydrogens is 316 g/mol. The highest BCUT2D eigenvalue weighted by Crippen LogP contribution is 2.27. The van der Waals surface area contributed by atoms with Crippen molar-refractivity contribution in [3.63, 3.8) is 0 Å². The summed E-state index contributed by atoms with van der Waals surface area (Å²) in [5, 5.41) is 5.66. The molecule has 1 atom stereocenters. The number of carbonyl (C=O) groups is 3. The van der Waals surface area contributed by atoms with E-state index in [-0.39, 0.29) is 18.2 Å². The second-order valence-corrected chi connectivity index (χ2v) is 7.16. The van der Waals surface area contributed by atoms with Crippen LogP contribution in [0.5, 0.6) is 0 Å². The summed E-state index contributed by atoms with van der Waals surface area (Å²) in [5.74, 6) is -0.545. The molecular formula is C15H20N4O3S. The summed E-state index contributed by atoms with van der Waals surface area (Å²) in [6.45, 7) is 0.435. The number of rotatable bonds is 3. The fraction of sp³-hybridized carbons (Fsp3) is 0.600. The first kappa shape index (κ1) is 15.9. The van der Waals surface area contributed by atoms with Gasteiger partial charge < -0.3 is 10.2 Å². The Morgan fingerprint density at radius 1 is 1.30 bits per heavy atom. The molecule has 0 spiro atoms. The number of imide groups is 1. The van der Waals surface area contributed by atoms with E-state index in [1.54, 1.807) is 23.3 Å². The van der Waals surface area contributed by atoms with Crippen LogP contribution in [0.15, 0.2) is 0 Å². The lowest BCUT2D eigenvalue weighted by Gasteiger charge is -2.22. The first-order valence-corrected chi connectivity index (χ1v) is 8.67. The number of aryl methyl sites for hydroxylation is 2. The first-order valence-electron chi connectivity index (χ1n) is 7.85. The largest absolute Gasteiger partial charge is 0.337 e. The van der Waals surface area contributed by atoms with E-state index in [4.69, 9.17) is 0 Å². The van der Waals surface area contributed by atoms with E-state index in [1.165, 1.54) is 23.4 Å². The zero-order valence-electron chi connectivity index (χ0n) is 13.1. The van der Waals surface area contributed by atoms with E-state index in [0.717, 1.165) is 17.8 Å². The number of aromatic nitrogens is 1. The first-order chi connectivity index (χ1) is 11.0. The number of hydrogen-bond donors (Lipinski definition) is 2. The van der Waals surface area contributed by atoms with Gasteiger partial charge in [0.1, 0.15) is 11.0 Å². The van der Waals surface area contributed by atoms with Crippen LogP contribution in [0.2, 0.25) is 0 Å². The van der Waals surface area contributed by atoms with Gasteiger partial charge in [0.15, 0.2) is 0 Å². The molecule has 1 aromatic heterocycles. The van der Waals surface area contributed by atoms with E-state index in [0.29, 0.717) is 13.0 Å². The van der Waals surface area contributed by atoms with Crippen molar-refractivity contribution in [1.82, 2.24) is 20.5 Å². The van der Waals surface area contributed by atoms with Crippen molar-refractivity contribution < 1.29 is 14.4 Å². The normalized spacial score (nSPS) is 21.0. The maximum Gasteiger partial charge on any atom is 0.322 e. The van der Waals surface area contributed by atoms with Gasteiger partial charge in [-0.1, -0.05) is 0 Å². The summed E-state index contributed by atoms with van der Waals surface area (Å²) in [6.07, 6.45) is 4.97. The highest BCUT2D eigenvalue weighted by atomic mass is 32.1. The number of nitrogens with one attached hydrogen (secondary N) is 2. The number of hydrogen-bond acceptors (Lipinski definition) is 5. The Morgan fingerprint density at radius 2 is 2.09 bits per heavy atom. The van der Waals surface area contributed by atoms with E-state index in [9.17, 15) is 14.4 Å². The van der Waals surface area contributed by atoms with Crippen molar-refractivity contribution in [3.05, 3.63) is 15.6 Å². The Balaban J connectivity index is 1.64. The van der Waals surface area contributed by atoms with Crippen LogP contribution in [-0.2, 0) is 29.0 Å². The number of fused-ring (bicyclic) bond motifs is 1. The van der Waals surface area contributed by atoms with Crippen molar-refractivity contribution in [2.24, 2.45) is 0 Å².